The Balaban J connectivity index is 2.32. The number of amides is 3. The van der Waals surface area contributed by atoms with Gasteiger partial charge in [-0.1, -0.05) is 17.7 Å². The molecule has 2 rings (SSSR count). The molecule has 3 amide bonds. The Hall–Kier alpha value is -1.24. The van der Waals surface area contributed by atoms with E-state index in [1.54, 1.807) is 18.2 Å². The van der Waals surface area contributed by atoms with E-state index in [4.69, 9.17) is 16.3 Å². The highest BCUT2D eigenvalue weighted by atomic mass is 35.5. The molecule has 0 aromatic heterocycles. The molecule has 0 bridgehead atoms. The Morgan fingerprint density at radius 1 is 1.39 bits per heavy atom. The van der Waals surface area contributed by atoms with Crippen molar-refractivity contribution in [3.63, 3.8) is 0 Å². The van der Waals surface area contributed by atoms with Gasteiger partial charge in [0.2, 0.25) is 0 Å². The quantitative estimate of drug-likeness (QED) is 0.448. The van der Waals surface area contributed by atoms with Gasteiger partial charge in [-0.2, -0.15) is 12.6 Å². The number of carbonyl (C=O) groups excluding carboxylic acids is 2. The van der Waals surface area contributed by atoms with Crippen LogP contribution in [0.4, 0.5) is 4.79 Å². The molecule has 1 aromatic carbocycles. The zero-order chi connectivity index (χ0) is 13.1. The first-order valence-corrected chi connectivity index (χ1v) is 6.21. The number of halogens is 1. The van der Waals surface area contributed by atoms with Crippen molar-refractivity contribution in [2.24, 2.45) is 0 Å². The van der Waals surface area contributed by atoms with Crippen LogP contribution in [0.25, 0.3) is 0 Å². The molecule has 1 aromatic rings. The SMILES string of the molecule is O=C1NC(=O)C(c2cc(Cl)ccc2COCS)N1. The van der Waals surface area contributed by atoms with E-state index in [0.29, 0.717) is 17.2 Å². The molecule has 0 radical (unpaired) electrons. The summed E-state index contributed by atoms with van der Waals surface area (Å²) in [6.45, 7) is 0.301. The number of thiol groups is 1. The maximum absolute atomic E-state index is 11.6. The van der Waals surface area contributed by atoms with Gasteiger partial charge < -0.3 is 10.1 Å². The minimum absolute atomic E-state index is 0.269. The lowest BCUT2D eigenvalue weighted by molar-refractivity contribution is -0.120. The summed E-state index contributed by atoms with van der Waals surface area (Å²) in [6.07, 6.45) is 0. The van der Waals surface area contributed by atoms with E-state index >= 15 is 0 Å². The van der Waals surface area contributed by atoms with E-state index < -0.39 is 18.0 Å². The second-order valence-electron chi connectivity index (χ2n) is 3.72. The van der Waals surface area contributed by atoms with E-state index in [2.05, 4.69) is 23.3 Å². The standard InChI is InChI=1S/C11H11ClN2O3S/c12-7-2-1-6(4-17-5-18)8(3-7)9-10(15)14-11(16)13-9/h1-3,9,18H,4-5H2,(H2,13,14,15,16). The van der Waals surface area contributed by atoms with Crippen LogP contribution in [0.3, 0.4) is 0 Å². The molecule has 0 spiro atoms. The van der Waals surface area contributed by atoms with Gasteiger partial charge in [0.25, 0.3) is 5.91 Å². The third kappa shape index (κ3) is 2.77. The van der Waals surface area contributed by atoms with Crippen molar-refractivity contribution in [1.29, 1.82) is 0 Å². The third-order valence-electron chi connectivity index (χ3n) is 2.54. The molecule has 1 aliphatic rings. The minimum atomic E-state index is -0.727. The summed E-state index contributed by atoms with van der Waals surface area (Å²) in [5.74, 6) is -0.125. The maximum atomic E-state index is 11.6. The molecule has 96 valence electrons. The number of hydrogen-bond donors (Lipinski definition) is 3. The molecule has 1 heterocycles. The number of imide groups is 1. The van der Waals surface area contributed by atoms with Gasteiger partial charge >= 0.3 is 6.03 Å². The Morgan fingerprint density at radius 2 is 2.17 bits per heavy atom. The summed E-state index contributed by atoms with van der Waals surface area (Å²) in [5.41, 5.74) is 1.42. The smallest absolute Gasteiger partial charge is 0.322 e. The highest BCUT2D eigenvalue weighted by Crippen LogP contribution is 2.25. The predicted octanol–water partition coefficient (Wildman–Crippen LogP) is 1.62. The van der Waals surface area contributed by atoms with Crippen LogP contribution in [0.15, 0.2) is 18.2 Å². The average Bonchev–Trinajstić information content (AvgIpc) is 2.67. The lowest BCUT2D eigenvalue weighted by Crippen LogP contribution is -2.22. The molecule has 0 aliphatic carbocycles. The Kier molecular flexibility index (Phi) is 4.11. The first-order chi connectivity index (χ1) is 8.61. The van der Waals surface area contributed by atoms with Gasteiger partial charge in [-0.25, -0.2) is 4.79 Å². The van der Waals surface area contributed by atoms with Crippen LogP contribution in [0.2, 0.25) is 5.02 Å². The summed E-state index contributed by atoms with van der Waals surface area (Å²) in [4.78, 5) is 22.8. The van der Waals surface area contributed by atoms with Crippen molar-refractivity contribution in [2.45, 2.75) is 12.6 Å². The van der Waals surface area contributed by atoms with Crippen LogP contribution in [0.5, 0.6) is 0 Å². The van der Waals surface area contributed by atoms with Crippen LogP contribution in [-0.2, 0) is 16.1 Å². The molecular formula is C11H11ClN2O3S. The molecule has 7 heteroatoms. The van der Waals surface area contributed by atoms with Crippen LogP contribution < -0.4 is 10.6 Å². The van der Waals surface area contributed by atoms with E-state index in [1.807, 2.05) is 0 Å². The fourth-order valence-electron chi connectivity index (χ4n) is 1.76. The number of rotatable bonds is 4. The molecule has 2 N–H and O–H groups in total. The number of ether oxygens (including phenoxy) is 1. The third-order valence-corrected chi connectivity index (χ3v) is 2.96. The first kappa shape index (κ1) is 13.2. The van der Waals surface area contributed by atoms with Crippen molar-refractivity contribution in [1.82, 2.24) is 10.6 Å². The topological polar surface area (TPSA) is 67.4 Å². The average molecular weight is 287 g/mol. The van der Waals surface area contributed by atoms with E-state index in [1.165, 1.54) is 0 Å². The van der Waals surface area contributed by atoms with E-state index in [9.17, 15) is 9.59 Å². The number of carbonyl (C=O) groups is 2. The number of hydrogen-bond acceptors (Lipinski definition) is 4. The Bertz CT molecular complexity index is 495. The van der Waals surface area contributed by atoms with E-state index in [-0.39, 0.29) is 5.94 Å². The van der Waals surface area contributed by atoms with Crippen molar-refractivity contribution >= 4 is 36.2 Å². The molecule has 1 atom stereocenters. The number of nitrogens with one attached hydrogen (secondary N) is 2. The highest BCUT2D eigenvalue weighted by Gasteiger charge is 2.32. The summed E-state index contributed by atoms with van der Waals surface area (Å²) < 4.78 is 5.20. The van der Waals surface area contributed by atoms with Crippen molar-refractivity contribution in [2.75, 3.05) is 5.94 Å². The summed E-state index contributed by atoms with van der Waals surface area (Å²) in [7, 11) is 0. The monoisotopic (exact) mass is 286 g/mol. The zero-order valence-electron chi connectivity index (χ0n) is 9.27. The minimum Gasteiger partial charge on any atom is -0.366 e. The molecule has 1 aliphatic heterocycles. The van der Waals surface area contributed by atoms with Gasteiger partial charge in [0.15, 0.2) is 0 Å². The summed E-state index contributed by atoms with van der Waals surface area (Å²) in [6, 6.07) is 3.88. The van der Waals surface area contributed by atoms with Gasteiger partial charge in [0.1, 0.15) is 6.04 Å². The predicted molar refractivity (Wildman–Crippen MR) is 69.5 cm³/mol. The van der Waals surface area contributed by atoms with Crippen LogP contribution >= 0.6 is 24.2 Å². The Labute approximate surface area is 114 Å². The zero-order valence-corrected chi connectivity index (χ0v) is 10.9. The number of benzene rings is 1. The molecular weight excluding hydrogens is 276 g/mol. The van der Waals surface area contributed by atoms with Gasteiger partial charge in [-0.05, 0) is 23.3 Å². The van der Waals surface area contributed by atoms with Gasteiger partial charge in [-0.15, -0.1) is 0 Å². The fraction of sp³-hybridized carbons (Fsp3) is 0.273. The van der Waals surface area contributed by atoms with Crippen LogP contribution in [0, 0.1) is 0 Å². The van der Waals surface area contributed by atoms with Crippen LogP contribution in [-0.4, -0.2) is 17.9 Å². The second-order valence-corrected chi connectivity index (χ2v) is 4.41. The summed E-state index contributed by atoms with van der Waals surface area (Å²) >= 11 is 9.86. The van der Waals surface area contributed by atoms with Crippen molar-refractivity contribution in [3.05, 3.63) is 34.3 Å². The molecule has 1 fully saturated rings. The molecule has 18 heavy (non-hydrogen) atoms. The normalized spacial score (nSPS) is 18.7. The maximum Gasteiger partial charge on any atom is 0.322 e. The van der Waals surface area contributed by atoms with Gasteiger partial charge in [0, 0.05) is 5.02 Å². The van der Waals surface area contributed by atoms with Gasteiger partial charge in [0.05, 0.1) is 12.5 Å². The molecule has 1 unspecified atom stereocenters. The van der Waals surface area contributed by atoms with Crippen molar-refractivity contribution in [3.8, 4) is 0 Å². The molecule has 5 nitrogen and oxygen atoms in total. The summed E-state index contributed by atoms with van der Waals surface area (Å²) in [5, 5.41) is 5.21. The number of urea groups is 1. The molecule has 0 saturated carbocycles. The van der Waals surface area contributed by atoms with Crippen molar-refractivity contribution < 1.29 is 14.3 Å². The van der Waals surface area contributed by atoms with E-state index in [0.717, 1.165) is 5.56 Å². The van der Waals surface area contributed by atoms with Gasteiger partial charge in [-0.3, -0.25) is 10.1 Å². The largest absolute Gasteiger partial charge is 0.366 e. The second kappa shape index (κ2) is 5.60. The van der Waals surface area contributed by atoms with Crippen LogP contribution in [0.1, 0.15) is 17.2 Å². The first-order valence-electron chi connectivity index (χ1n) is 5.20. The molecule has 1 saturated heterocycles. The fourth-order valence-corrected chi connectivity index (χ4v) is 2.03. The lowest BCUT2D eigenvalue weighted by atomic mass is 10.0. The highest BCUT2D eigenvalue weighted by molar-refractivity contribution is 7.80. The Morgan fingerprint density at radius 3 is 2.78 bits per heavy atom. The lowest BCUT2D eigenvalue weighted by Gasteiger charge is -2.14.